The predicted octanol–water partition coefficient (Wildman–Crippen LogP) is 0.179. The van der Waals surface area contributed by atoms with Crippen LogP contribution in [0, 0.1) is 13.8 Å². The van der Waals surface area contributed by atoms with Crippen LogP contribution in [0.25, 0.3) is 0 Å². The minimum atomic E-state index is -0.120. The normalized spacial score (nSPS) is 19.8. The van der Waals surface area contributed by atoms with E-state index < -0.39 is 0 Å². The third kappa shape index (κ3) is 2.33. The summed E-state index contributed by atoms with van der Waals surface area (Å²) in [6, 6.07) is -0.120. The molecule has 0 unspecified atom stereocenters. The average Bonchev–Trinajstić information content (AvgIpc) is 2.77. The molecule has 1 aromatic heterocycles. The highest BCUT2D eigenvalue weighted by Crippen LogP contribution is 2.08. The zero-order valence-corrected chi connectivity index (χ0v) is 9.45. The number of aromatic nitrogens is 3. The molecule has 16 heavy (non-hydrogen) atoms. The predicted molar refractivity (Wildman–Crippen MR) is 59.0 cm³/mol. The van der Waals surface area contributed by atoms with Gasteiger partial charge >= 0.3 is 0 Å². The second-order valence-corrected chi connectivity index (χ2v) is 3.94. The quantitative estimate of drug-likeness (QED) is 0.744. The Morgan fingerprint density at radius 3 is 2.81 bits per heavy atom. The molecular formula is C10H15N5O. The third-order valence-corrected chi connectivity index (χ3v) is 2.70. The molecule has 86 valence electrons. The zero-order valence-electron chi connectivity index (χ0n) is 9.45. The van der Waals surface area contributed by atoms with Crippen molar-refractivity contribution in [3.63, 3.8) is 0 Å². The maximum Gasteiger partial charge on any atom is 0.249 e. The molecule has 1 aliphatic heterocycles. The fourth-order valence-corrected chi connectivity index (χ4v) is 1.62. The second kappa shape index (κ2) is 4.52. The second-order valence-electron chi connectivity index (χ2n) is 3.94. The molecule has 2 rings (SSSR count). The van der Waals surface area contributed by atoms with Gasteiger partial charge in [-0.25, -0.2) is 4.98 Å². The fourth-order valence-electron chi connectivity index (χ4n) is 1.62. The highest BCUT2D eigenvalue weighted by Gasteiger charge is 2.22. The first-order chi connectivity index (χ1) is 7.66. The highest BCUT2D eigenvalue weighted by molar-refractivity contribution is 5.93. The van der Waals surface area contributed by atoms with Gasteiger partial charge in [0.1, 0.15) is 0 Å². The van der Waals surface area contributed by atoms with E-state index in [1.54, 1.807) is 0 Å². The van der Waals surface area contributed by atoms with Gasteiger partial charge in [-0.2, -0.15) is 5.10 Å². The van der Waals surface area contributed by atoms with Crippen LogP contribution < -0.4 is 10.6 Å². The van der Waals surface area contributed by atoms with E-state index in [9.17, 15) is 4.79 Å². The molecule has 0 aliphatic carbocycles. The third-order valence-electron chi connectivity index (χ3n) is 2.70. The van der Waals surface area contributed by atoms with Gasteiger partial charge in [0.15, 0.2) is 0 Å². The molecule has 0 spiro atoms. The summed E-state index contributed by atoms with van der Waals surface area (Å²) in [5.74, 6) is 0.198. The maximum absolute atomic E-state index is 11.7. The Bertz CT molecular complexity index is 400. The van der Waals surface area contributed by atoms with E-state index in [-0.39, 0.29) is 17.9 Å². The minimum absolute atomic E-state index is 0.0810. The molecule has 6 nitrogen and oxygen atoms in total. The molecule has 1 aliphatic rings. The van der Waals surface area contributed by atoms with E-state index in [1.807, 2.05) is 13.8 Å². The van der Waals surface area contributed by atoms with Crippen molar-refractivity contribution in [3.8, 4) is 0 Å². The topological polar surface area (TPSA) is 79.8 Å². The molecule has 2 heterocycles. The van der Waals surface area contributed by atoms with Crippen molar-refractivity contribution in [2.45, 2.75) is 32.7 Å². The molecule has 6 heteroatoms. The SMILES string of the molecule is Cc1nnc(NC(=O)[C@@H]2CCCN2)nc1C. The van der Waals surface area contributed by atoms with Gasteiger partial charge in [0, 0.05) is 0 Å². The number of anilines is 1. The Hall–Kier alpha value is -1.56. The number of aryl methyl sites for hydroxylation is 2. The van der Waals surface area contributed by atoms with Crippen molar-refractivity contribution < 1.29 is 4.79 Å². The molecule has 1 saturated heterocycles. The largest absolute Gasteiger partial charge is 0.306 e. The number of hydrogen-bond acceptors (Lipinski definition) is 5. The van der Waals surface area contributed by atoms with Gasteiger partial charge in [-0.3, -0.25) is 10.1 Å². The van der Waals surface area contributed by atoms with Crippen LogP contribution in [-0.2, 0) is 4.79 Å². The monoisotopic (exact) mass is 221 g/mol. The van der Waals surface area contributed by atoms with Crippen LogP contribution in [0.2, 0.25) is 0 Å². The smallest absolute Gasteiger partial charge is 0.249 e. The summed E-state index contributed by atoms with van der Waals surface area (Å²) in [5, 5.41) is 13.5. The first-order valence-electron chi connectivity index (χ1n) is 5.39. The Labute approximate surface area is 93.9 Å². The lowest BCUT2D eigenvalue weighted by Crippen LogP contribution is -2.36. The number of carbonyl (C=O) groups excluding carboxylic acids is 1. The van der Waals surface area contributed by atoms with Gasteiger partial charge in [0.25, 0.3) is 0 Å². The summed E-state index contributed by atoms with van der Waals surface area (Å²) < 4.78 is 0. The fraction of sp³-hybridized carbons (Fsp3) is 0.600. The van der Waals surface area contributed by atoms with Gasteiger partial charge in [-0.15, -0.1) is 5.10 Å². The summed E-state index contributed by atoms with van der Waals surface area (Å²) in [6.07, 6.45) is 1.90. The zero-order chi connectivity index (χ0) is 11.5. The summed E-state index contributed by atoms with van der Waals surface area (Å²) in [6.45, 7) is 4.57. The average molecular weight is 221 g/mol. The van der Waals surface area contributed by atoms with Crippen LogP contribution in [0.3, 0.4) is 0 Å². The summed E-state index contributed by atoms with van der Waals surface area (Å²) in [4.78, 5) is 15.9. The first-order valence-corrected chi connectivity index (χ1v) is 5.39. The summed E-state index contributed by atoms with van der Waals surface area (Å²) in [5.41, 5.74) is 1.56. The molecule has 1 aromatic rings. The molecule has 0 bridgehead atoms. The van der Waals surface area contributed by atoms with E-state index in [1.165, 1.54) is 0 Å². The maximum atomic E-state index is 11.7. The van der Waals surface area contributed by atoms with Crippen LogP contribution >= 0.6 is 0 Å². The van der Waals surface area contributed by atoms with E-state index in [0.29, 0.717) is 0 Å². The van der Waals surface area contributed by atoms with E-state index in [0.717, 1.165) is 30.8 Å². The molecule has 0 aromatic carbocycles. The summed E-state index contributed by atoms with van der Waals surface area (Å²) >= 11 is 0. The van der Waals surface area contributed by atoms with Crippen molar-refractivity contribution in [2.24, 2.45) is 0 Å². The van der Waals surface area contributed by atoms with Gasteiger partial charge < -0.3 is 5.32 Å². The van der Waals surface area contributed by atoms with Gasteiger partial charge in [-0.1, -0.05) is 0 Å². The van der Waals surface area contributed by atoms with E-state index in [2.05, 4.69) is 25.8 Å². The van der Waals surface area contributed by atoms with Gasteiger partial charge in [-0.05, 0) is 33.2 Å². The summed E-state index contributed by atoms with van der Waals surface area (Å²) in [7, 11) is 0. The molecule has 0 radical (unpaired) electrons. The van der Waals surface area contributed by atoms with Crippen LogP contribution in [0.15, 0.2) is 0 Å². The van der Waals surface area contributed by atoms with Crippen LogP contribution in [-0.4, -0.2) is 33.7 Å². The number of nitrogens with one attached hydrogen (secondary N) is 2. The standard InChI is InChI=1S/C10H15N5O/c1-6-7(2)14-15-10(12-6)13-9(16)8-4-3-5-11-8/h8,11H,3-5H2,1-2H3,(H,12,13,15,16)/t8-/m0/s1. The van der Waals surface area contributed by atoms with Gasteiger partial charge in [0.05, 0.1) is 17.4 Å². The van der Waals surface area contributed by atoms with E-state index >= 15 is 0 Å². The minimum Gasteiger partial charge on any atom is -0.306 e. The van der Waals surface area contributed by atoms with Crippen molar-refractivity contribution in [1.29, 1.82) is 0 Å². The van der Waals surface area contributed by atoms with Crippen LogP contribution in [0.5, 0.6) is 0 Å². The Kier molecular flexibility index (Phi) is 3.09. The Morgan fingerprint density at radius 2 is 2.19 bits per heavy atom. The van der Waals surface area contributed by atoms with Gasteiger partial charge in [0.2, 0.25) is 11.9 Å². The molecule has 2 N–H and O–H groups in total. The number of rotatable bonds is 2. The van der Waals surface area contributed by atoms with Crippen molar-refractivity contribution in [3.05, 3.63) is 11.4 Å². The number of nitrogens with zero attached hydrogens (tertiary/aromatic N) is 3. The molecular weight excluding hydrogens is 206 g/mol. The Morgan fingerprint density at radius 1 is 1.38 bits per heavy atom. The number of hydrogen-bond donors (Lipinski definition) is 2. The van der Waals surface area contributed by atoms with Crippen molar-refractivity contribution in [1.82, 2.24) is 20.5 Å². The molecule has 0 saturated carbocycles. The van der Waals surface area contributed by atoms with Crippen LogP contribution in [0.4, 0.5) is 5.95 Å². The van der Waals surface area contributed by atoms with E-state index in [4.69, 9.17) is 0 Å². The molecule has 1 atom stereocenters. The van der Waals surface area contributed by atoms with Crippen LogP contribution in [0.1, 0.15) is 24.2 Å². The first kappa shape index (κ1) is 10.9. The Balaban J connectivity index is 2.02. The number of carbonyl (C=O) groups is 1. The lowest BCUT2D eigenvalue weighted by molar-refractivity contribution is -0.117. The number of amides is 1. The lowest BCUT2D eigenvalue weighted by atomic mass is 10.2. The highest BCUT2D eigenvalue weighted by atomic mass is 16.2. The van der Waals surface area contributed by atoms with Crippen molar-refractivity contribution >= 4 is 11.9 Å². The molecule has 1 fully saturated rings. The van der Waals surface area contributed by atoms with Crippen molar-refractivity contribution in [2.75, 3.05) is 11.9 Å². The lowest BCUT2D eigenvalue weighted by Gasteiger charge is -2.09. The molecule has 1 amide bonds.